The molecule has 10 heteroatoms. The molecule has 0 fully saturated rings. The first-order valence-electron chi connectivity index (χ1n) is 6.60. The predicted octanol–water partition coefficient (Wildman–Crippen LogP) is 0.573. The molecule has 0 bridgehead atoms. The number of carbonyl (C=O) groups is 1. The second-order valence-electron chi connectivity index (χ2n) is 4.57. The molecule has 0 spiro atoms. The zero-order valence-electron chi connectivity index (χ0n) is 12.0. The topological polar surface area (TPSA) is 121 Å². The molecule has 1 atom stereocenters. The Kier molecular flexibility index (Phi) is 7.15. The van der Waals surface area contributed by atoms with Gasteiger partial charge in [-0.15, -0.1) is 10.2 Å². The number of hydrogen-bond donors (Lipinski definition) is 3. The highest BCUT2D eigenvalue weighted by atomic mass is 32.2. The van der Waals surface area contributed by atoms with E-state index in [-0.39, 0.29) is 34.4 Å². The van der Waals surface area contributed by atoms with E-state index in [1.54, 1.807) is 0 Å². The number of aromatic nitrogens is 2. The van der Waals surface area contributed by atoms with Gasteiger partial charge in [0, 0.05) is 20.1 Å². The minimum atomic E-state index is -3.74. The molecular formula is C11H20N4O4S2. The Labute approximate surface area is 128 Å². The molecule has 0 aliphatic rings. The van der Waals surface area contributed by atoms with Crippen molar-refractivity contribution in [3.05, 3.63) is 0 Å². The smallest absolute Gasteiger partial charge is 0.269 e. The van der Waals surface area contributed by atoms with Crippen LogP contribution >= 0.6 is 11.3 Å². The minimum absolute atomic E-state index is 0.0257. The van der Waals surface area contributed by atoms with Crippen molar-refractivity contribution in [1.29, 1.82) is 0 Å². The third kappa shape index (κ3) is 6.04. The average Bonchev–Trinajstić information content (AvgIpc) is 2.85. The van der Waals surface area contributed by atoms with Gasteiger partial charge >= 0.3 is 0 Å². The highest BCUT2D eigenvalue weighted by molar-refractivity contribution is 7.91. The van der Waals surface area contributed by atoms with Gasteiger partial charge < -0.3 is 10.4 Å². The van der Waals surface area contributed by atoms with Crippen LogP contribution in [0.5, 0.6) is 0 Å². The lowest BCUT2D eigenvalue weighted by molar-refractivity contribution is -0.114. The highest BCUT2D eigenvalue weighted by Gasteiger charge is 2.21. The number of nitrogens with zero attached hydrogens (tertiary/aromatic N) is 2. The number of sulfonamides is 1. The van der Waals surface area contributed by atoms with E-state index < -0.39 is 10.0 Å². The number of amides is 1. The van der Waals surface area contributed by atoms with Gasteiger partial charge in [-0.05, 0) is 18.8 Å². The van der Waals surface area contributed by atoms with E-state index >= 15 is 0 Å². The number of nitrogens with one attached hydrogen (secondary N) is 2. The van der Waals surface area contributed by atoms with Crippen LogP contribution < -0.4 is 10.0 Å². The fourth-order valence-corrected chi connectivity index (χ4v) is 3.85. The number of hydrogen-bond acceptors (Lipinski definition) is 7. The van der Waals surface area contributed by atoms with Crippen molar-refractivity contribution < 1.29 is 18.3 Å². The summed E-state index contributed by atoms with van der Waals surface area (Å²) >= 11 is 0.793. The zero-order chi connectivity index (χ0) is 15.9. The first kappa shape index (κ1) is 18.0. The van der Waals surface area contributed by atoms with Crippen LogP contribution in [0.4, 0.5) is 5.13 Å². The molecule has 120 valence electrons. The molecule has 0 saturated carbocycles. The van der Waals surface area contributed by atoms with E-state index in [4.69, 9.17) is 5.11 Å². The van der Waals surface area contributed by atoms with Gasteiger partial charge in [0.15, 0.2) is 0 Å². The molecule has 0 aliphatic heterocycles. The molecule has 1 rings (SSSR count). The summed E-state index contributed by atoms with van der Waals surface area (Å²) in [5, 5.41) is 18.6. The maximum atomic E-state index is 12.1. The Morgan fingerprint density at radius 3 is 2.67 bits per heavy atom. The van der Waals surface area contributed by atoms with Crippen LogP contribution in [0.25, 0.3) is 0 Å². The average molecular weight is 336 g/mol. The van der Waals surface area contributed by atoms with Crippen LogP contribution in [0, 0.1) is 5.92 Å². The molecule has 0 saturated heterocycles. The van der Waals surface area contributed by atoms with Crippen molar-refractivity contribution in [1.82, 2.24) is 14.9 Å². The van der Waals surface area contributed by atoms with E-state index in [0.29, 0.717) is 6.42 Å². The van der Waals surface area contributed by atoms with Crippen LogP contribution in [0.15, 0.2) is 4.34 Å². The highest BCUT2D eigenvalue weighted by Crippen LogP contribution is 2.20. The largest absolute Gasteiger partial charge is 0.396 e. The van der Waals surface area contributed by atoms with E-state index in [1.165, 1.54) is 6.92 Å². The van der Waals surface area contributed by atoms with Crippen LogP contribution in [-0.4, -0.2) is 42.8 Å². The van der Waals surface area contributed by atoms with Gasteiger partial charge in [0.1, 0.15) is 0 Å². The second kappa shape index (κ2) is 8.37. The Morgan fingerprint density at radius 2 is 2.10 bits per heavy atom. The Hall–Kier alpha value is -1.10. The lowest BCUT2D eigenvalue weighted by atomic mass is 10.0. The van der Waals surface area contributed by atoms with Gasteiger partial charge in [-0.1, -0.05) is 24.7 Å². The summed E-state index contributed by atoms with van der Waals surface area (Å²) in [6, 6.07) is 0. The summed E-state index contributed by atoms with van der Waals surface area (Å²) in [5.41, 5.74) is 0. The van der Waals surface area contributed by atoms with Gasteiger partial charge in [-0.3, -0.25) is 4.79 Å². The van der Waals surface area contributed by atoms with Crippen molar-refractivity contribution >= 4 is 32.4 Å². The molecule has 1 unspecified atom stereocenters. The van der Waals surface area contributed by atoms with Crippen LogP contribution in [0.2, 0.25) is 0 Å². The van der Waals surface area contributed by atoms with Crippen molar-refractivity contribution in [2.45, 2.75) is 37.4 Å². The summed E-state index contributed by atoms with van der Waals surface area (Å²) in [6.45, 7) is 3.57. The molecule has 0 aromatic carbocycles. The maximum absolute atomic E-state index is 12.1. The quantitative estimate of drug-likeness (QED) is 0.567. The second-order valence-corrected chi connectivity index (χ2v) is 7.49. The maximum Gasteiger partial charge on any atom is 0.269 e. The first-order valence-corrected chi connectivity index (χ1v) is 8.90. The molecule has 1 aromatic heterocycles. The molecule has 0 aliphatic carbocycles. The van der Waals surface area contributed by atoms with E-state index in [9.17, 15) is 13.2 Å². The Morgan fingerprint density at radius 1 is 1.38 bits per heavy atom. The SMILES string of the molecule is CCCC(CCO)CNS(=O)(=O)c1nnc(NC(C)=O)s1. The Balaban J connectivity index is 2.67. The summed E-state index contributed by atoms with van der Waals surface area (Å²) in [7, 11) is -3.74. The fourth-order valence-electron chi connectivity index (χ4n) is 1.75. The van der Waals surface area contributed by atoms with E-state index in [0.717, 1.165) is 24.2 Å². The summed E-state index contributed by atoms with van der Waals surface area (Å²) in [6.07, 6.45) is 2.29. The zero-order valence-corrected chi connectivity index (χ0v) is 13.6. The van der Waals surface area contributed by atoms with Gasteiger partial charge in [-0.25, -0.2) is 13.1 Å². The van der Waals surface area contributed by atoms with Crippen LogP contribution in [-0.2, 0) is 14.8 Å². The van der Waals surface area contributed by atoms with Crippen LogP contribution in [0.1, 0.15) is 33.1 Å². The molecule has 0 radical (unpaired) electrons. The summed E-state index contributed by atoms with van der Waals surface area (Å²) < 4.78 is 26.4. The van der Waals surface area contributed by atoms with Gasteiger partial charge in [0.2, 0.25) is 15.4 Å². The van der Waals surface area contributed by atoms with E-state index in [1.807, 2.05) is 6.92 Å². The normalized spacial score (nSPS) is 13.1. The number of carbonyl (C=O) groups excluding carboxylic acids is 1. The van der Waals surface area contributed by atoms with Crippen molar-refractivity contribution in [3.63, 3.8) is 0 Å². The number of aliphatic hydroxyl groups is 1. The minimum Gasteiger partial charge on any atom is -0.396 e. The van der Waals surface area contributed by atoms with Gasteiger partial charge in [-0.2, -0.15) is 0 Å². The fraction of sp³-hybridized carbons (Fsp3) is 0.727. The number of aliphatic hydroxyl groups excluding tert-OH is 1. The van der Waals surface area contributed by atoms with Crippen molar-refractivity contribution in [2.24, 2.45) is 5.92 Å². The number of rotatable bonds is 9. The lowest BCUT2D eigenvalue weighted by Crippen LogP contribution is -2.29. The first-order chi connectivity index (χ1) is 9.89. The van der Waals surface area contributed by atoms with Crippen molar-refractivity contribution in [2.75, 3.05) is 18.5 Å². The van der Waals surface area contributed by atoms with Gasteiger partial charge in [0.05, 0.1) is 0 Å². The molecular weight excluding hydrogens is 316 g/mol. The Bertz CT molecular complexity index is 552. The third-order valence-corrected chi connectivity index (χ3v) is 5.35. The molecule has 3 N–H and O–H groups in total. The predicted molar refractivity (Wildman–Crippen MR) is 79.5 cm³/mol. The van der Waals surface area contributed by atoms with Gasteiger partial charge in [0.25, 0.3) is 10.0 Å². The molecule has 21 heavy (non-hydrogen) atoms. The third-order valence-electron chi connectivity index (χ3n) is 2.72. The molecule has 1 amide bonds. The molecule has 1 aromatic rings. The van der Waals surface area contributed by atoms with Crippen LogP contribution in [0.3, 0.4) is 0 Å². The van der Waals surface area contributed by atoms with E-state index in [2.05, 4.69) is 20.2 Å². The summed E-state index contributed by atoms with van der Waals surface area (Å²) in [4.78, 5) is 10.9. The monoisotopic (exact) mass is 336 g/mol. The van der Waals surface area contributed by atoms with Crippen molar-refractivity contribution in [3.8, 4) is 0 Å². The lowest BCUT2D eigenvalue weighted by Gasteiger charge is -2.14. The standard InChI is InChI=1S/C11H20N4O4S2/c1-3-4-9(5-6-16)7-12-21(18,19)11-15-14-10(20-11)13-8(2)17/h9,12,16H,3-7H2,1-2H3,(H,13,14,17). The summed E-state index contributed by atoms with van der Waals surface area (Å²) in [5.74, 6) is -0.258. The molecule has 1 heterocycles. The molecule has 8 nitrogen and oxygen atoms in total. The number of anilines is 1.